The number of hydrogen-bond acceptors (Lipinski definition) is 2. The van der Waals surface area contributed by atoms with Crippen LogP contribution in [0.2, 0.25) is 0 Å². The molecule has 0 radical (unpaired) electrons. The Morgan fingerprint density at radius 2 is 1.96 bits per heavy atom. The summed E-state index contributed by atoms with van der Waals surface area (Å²) in [5.41, 5.74) is -0.731. The third-order valence-electron chi connectivity index (χ3n) is 4.57. The number of likely N-dealkylation sites (tertiary alicyclic amines) is 1. The van der Waals surface area contributed by atoms with Crippen LogP contribution >= 0.6 is 0 Å². The minimum Gasteiger partial charge on any atom is -0.343 e. The predicted molar refractivity (Wildman–Crippen MR) is 92.7 cm³/mol. The second-order valence-corrected chi connectivity index (χ2v) is 6.30. The standard InChI is InChI=1S/C18H24F3N3O2/c1-3-23(4-2)16(25)13-7-6-10-24(12-13)17(26)22-15-9-5-8-14(11-15)18(19,20)21/h5,8-9,11,13H,3-4,6-7,10,12H2,1-2H3,(H,22,26)/t13-/m0/s1. The molecule has 1 aliphatic rings. The molecule has 3 amide bonds. The van der Waals surface area contributed by atoms with Gasteiger partial charge < -0.3 is 15.1 Å². The number of carbonyl (C=O) groups is 2. The average Bonchev–Trinajstić information content (AvgIpc) is 2.62. The maximum absolute atomic E-state index is 12.8. The maximum atomic E-state index is 12.8. The highest BCUT2D eigenvalue weighted by atomic mass is 19.4. The molecule has 1 atom stereocenters. The fourth-order valence-corrected chi connectivity index (χ4v) is 3.13. The number of benzene rings is 1. The molecule has 26 heavy (non-hydrogen) atoms. The predicted octanol–water partition coefficient (Wildman–Crippen LogP) is 3.82. The van der Waals surface area contributed by atoms with Gasteiger partial charge in [0.1, 0.15) is 0 Å². The van der Waals surface area contributed by atoms with Crippen molar-refractivity contribution in [2.45, 2.75) is 32.9 Å². The lowest BCUT2D eigenvalue weighted by Gasteiger charge is -2.34. The van der Waals surface area contributed by atoms with Gasteiger partial charge in [-0.2, -0.15) is 13.2 Å². The summed E-state index contributed by atoms with van der Waals surface area (Å²) >= 11 is 0. The van der Waals surface area contributed by atoms with Gasteiger partial charge >= 0.3 is 12.2 Å². The van der Waals surface area contributed by atoms with E-state index in [2.05, 4.69) is 5.32 Å². The Labute approximate surface area is 151 Å². The van der Waals surface area contributed by atoms with E-state index in [0.717, 1.165) is 12.1 Å². The zero-order valence-corrected chi connectivity index (χ0v) is 15.0. The topological polar surface area (TPSA) is 52.7 Å². The monoisotopic (exact) mass is 371 g/mol. The Bertz CT molecular complexity index is 645. The summed E-state index contributed by atoms with van der Waals surface area (Å²) in [6, 6.07) is 4.04. The molecule has 5 nitrogen and oxygen atoms in total. The first kappa shape index (κ1) is 20.1. The molecule has 1 N–H and O–H groups in total. The molecule has 0 aliphatic carbocycles. The smallest absolute Gasteiger partial charge is 0.343 e. The van der Waals surface area contributed by atoms with Gasteiger partial charge in [-0.1, -0.05) is 6.07 Å². The first-order chi connectivity index (χ1) is 12.3. The van der Waals surface area contributed by atoms with E-state index in [4.69, 9.17) is 0 Å². The number of alkyl halides is 3. The summed E-state index contributed by atoms with van der Waals surface area (Å²) in [5.74, 6) is -0.248. The van der Waals surface area contributed by atoms with Gasteiger partial charge in [-0.05, 0) is 44.9 Å². The molecular weight excluding hydrogens is 347 g/mol. The maximum Gasteiger partial charge on any atom is 0.416 e. The summed E-state index contributed by atoms with van der Waals surface area (Å²) in [6.07, 6.45) is -3.07. The van der Waals surface area contributed by atoms with Gasteiger partial charge in [-0.3, -0.25) is 4.79 Å². The van der Waals surface area contributed by atoms with E-state index in [0.29, 0.717) is 32.5 Å². The third kappa shape index (κ3) is 4.89. The van der Waals surface area contributed by atoms with Gasteiger partial charge in [0.05, 0.1) is 11.5 Å². The van der Waals surface area contributed by atoms with E-state index in [1.54, 1.807) is 4.90 Å². The molecule has 1 aromatic rings. The molecule has 0 saturated carbocycles. The zero-order valence-electron chi connectivity index (χ0n) is 15.0. The Kier molecular flexibility index (Phi) is 6.50. The summed E-state index contributed by atoms with van der Waals surface area (Å²) in [4.78, 5) is 28.1. The number of carbonyl (C=O) groups excluding carboxylic acids is 2. The van der Waals surface area contributed by atoms with E-state index in [9.17, 15) is 22.8 Å². The number of nitrogens with zero attached hydrogens (tertiary/aromatic N) is 2. The van der Waals surface area contributed by atoms with Crippen LogP contribution in [0.25, 0.3) is 0 Å². The second kappa shape index (κ2) is 8.42. The average molecular weight is 371 g/mol. The minimum atomic E-state index is -4.47. The molecule has 2 rings (SSSR count). The van der Waals surface area contributed by atoms with Crippen LogP contribution in [0.4, 0.5) is 23.7 Å². The third-order valence-corrected chi connectivity index (χ3v) is 4.57. The van der Waals surface area contributed by atoms with Crippen molar-refractivity contribution >= 4 is 17.6 Å². The Morgan fingerprint density at radius 1 is 1.27 bits per heavy atom. The summed E-state index contributed by atoms with van der Waals surface area (Å²) in [7, 11) is 0. The molecule has 1 aliphatic heterocycles. The lowest BCUT2D eigenvalue weighted by Crippen LogP contribution is -2.47. The zero-order chi connectivity index (χ0) is 19.3. The lowest BCUT2D eigenvalue weighted by molar-refractivity contribution is -0.138. The number of amides is 3. The highest BCUT2D eigenvalue weighted by Crippen LogP contribution is 2.30. The lowest BCUT2D eigenvalue weighted by atomic mass is 9.96. The summed E-state index contributed by atoms with van der Waals surface area (Å²) in [6.45, 7) is 5.79. The first-order valence-corrected chi connectivity index (χ1v) is 8.78. The molecule has 8 heteroatoms. The largest absolute Gasteiger partial charge is 0.416 e. The van der Waals surface area contributed by atoms with Gasteiger partial charge in [0.2, 0.25) is 5.91 Å². The van der Waals surface area contributed by atoms with Gasteiger partial charge in [0.25, 0.3) is 0 Å². The van der Waals surface area contributed by atoms with Crippen molar-refractivity contribution in [2.24, 2.45) is 5.92 Å². The number of hydrogen-bond donors (Lipinski definition) is 1. The van der Waals surface area contributed by atoms with Crippen LogP contribution in [-0.2, 0) is 11.0 Å². The fraction of sp³-hybridized carbons (Fsp3) is 0.556. The van der Waals surface area contributed by atoms with Crippen LogP contribution in [-0.4, -0.2) is 47.9 Å². The molecule has 1 heterocycles. The Morgan fingerprint density at radius 3 is 2.58 bits per heavy atom. The second-order valence-electron chi connectivity index (χ2n) is 6.30. The summed E-state index contributed by atoms with van der Waals surface area (Å²) < 4.78 is 38.3. The first-order valence-electron chi connectivity index (χ1n) is 8.78. The SMILES string of the molecule is CCN(CC)C(=O)[C@H]1CCCN(C(=O)Nc2cccc(C(F)(F)F)c2)C1. The van der Waals surface area contributed by atoms with Crippen LogP contribution in [0.1, 0.15) is 32.3 Å². The van der Waals surface area contributed by atoms with E-state index >= 15 is 0 Å². The molecule has 0 bridgehead atoms. The number of urea groups is 1. The number of halogens is 3. The highest BCUT2D eigenvalue weighted by molar-refractivity contribution is 5.90. The molecular formula is C18H24F3N3O2. The minimum absolute atomic E-state index is 0.0200. The van der Waals surface area contributed by atoms with Crippen LogP contribution in [0.15, 0.2) is 24.3 Å². The van der Waals surface area contributed by atoms with Gasteiger partial charge in [0, 0.05) is 31.9 Å². The molecule has 0 aromatic heterocycles. The van der Waals surface area contributed by atoms with Crippen molar-refractivity contribution < 1.29 is 22.8 Å². The molecule has 144 valence electrons. The molecule has 1 saturated heterocycles. The van der Waals surface area contributed by atoms with Crippen molar-refractivity contribution in [1.82, 2.24) is 9.80 Å². The van der Waals surface area contributed by atoms with Crippen molar-refractivity contribution in [1.29, 1.82) is 0 Å². The van der Waals surface area contributed by atoms with Crippen LogP contribution in [0.3, 0.4) is 0 Å². The number of rotatable bonds is 4. The fourth-order valence-electron chi connectivity index (χ4n) is 3.13. The highest BCUT2D eigenvalue weighted by Gasteiger charge is 2.32. The Hall–Kier alpha value is -2.25. The summed E-state index contributed by atoms with van der Waals surface area (Å²) in [5, 5.41) is 2.50. The van der Waals surface area contributed by atoms with Crippen molar-refractivity contribution in [2.75, 3.05) is 31.5 Å². The molecule has 1 aromatic carbocycles. The normalized spacial score (nSPS) is 17.7. The molecule has 0 unspecified atom stereocenters. The Balaban J connectivity index is 2.02. The quantitative estimate of drug-likeness (QED) is 0.875. The van der Waals surface area contributed by atoms with E-state index in [1.165, 1.54) is 17.0 Å². The van der Waals surface area contributed by atoms with E-state index in [-0.39, 0.29) is 24.1 Å². The number of anilines is 1. The van der Waals surface area contributed by atoms with E-state index < -0.39 is 17.8 Å². The molecule has 0 spiro atoms. The van der Waals surface area contributed by atoms with Crippen molar-refractivity contribution in [3.63, 3.8) is 0 Å². The van der Waals surface area contributed by atoms with Crippen LogP contribution < -0.4 is 5.32 Å². The van der Waals surface area contributed by atoms with Crippen molar-refractivity contribution in [3.05, 3.63) is 29.8 Å². The molecule has 1 fully saturated rings. The van der Waals surface area contributed by atoms with Gasteiger partial charge in [0.15, 0.2) is 0 Å². The number of piperidine rings is 1. The van der Waals surface area contributed by atoms with Crippen LogP contribution in [0, 0.1) is 5.92 Å². The van der Waals surface area contributed by atoms with Gasteiger partial charge in [-0.25, -0.2) is 4.79 Å². The van der Waals surface area contributed by atoms with E-state index in [1.807, 2.05) is 13.8 Å². The van der Waals surface area contributed by atoms with Gasteiger partial charge in [-0.15, -0.1) is 0 Å². The van der Waals surface area contributed by atoms with Crippen molar-refractivity contribution in [3.8, 4) is 0 Å². The van der Waals surface area contributed by atoms with Crippen LogP contribution in [0.5, 0.6) is 0 Å². The number of nitrogens with one attached hydrogen (secondary N) is 1.